The van der Waals surface area contributed by atoms with Crippen molar-refractivity contribution >= 4 is 5.78 Å². The van der Waals surface area contributed by atoms with Crippen molar-refractivity contribution in [2.75, 3.05) is 6.61 Å². The molecule has 1 unspecified atom stereocenters. The summed E-state index contributed by atoms with van der Waals surface area (Å²) in [5.41, 5.74) is 0.904. The summed E-state index contributed by atoms with van der Waals surface area (Å²) in [5, 5.41) is 19.9. The first kappa shape index (κ1) is 22.5. The number of aromatic hydroxyl groups is 1. The minimum atomic E-state index is -0.521. The van der Waals surface area contributed by atoms with Crippen LogP contribution in [0.25, 0.3) is 0 Å². The number of aliphatic hydroxyl groups is 1. The van der Waals surface area contributed by atoms with Crippen LogP contribution in [-0.4, -0.2) is 28.7 Å². The van der Waals surface area contributed by atoms with Crippen LogP contribution in [0.3, 0.4) is 0 Å². The SMILES string of the molecule is CCCCCCCCCC(O)CC(=O)CCc1ccc(OCC)c(O)c1. The summed E-state index contributed by atoms with van der Waals surface area (Å²) in [6.45, 7) is 4.58. The molecule has 26 heavy (non-hydrogen) atoms. The molecule has 0 fully saturated rings. The number of phenolic OH excluding ortho intramolecular Hbond substituents is 1. The van der Waals surface area contributed by atoms with Crippen LogP contribution in [0.4, 0.5) is 0 Å². The molecule has 0 saturated carbocycles. The molecule has 0 spiro atoms. The maximum atomic E-state index is 12.0. The molecular weight excluding hydrogens is 328 g/mol. The number of ether oxygens (including phenoxy) is 1. The van der Waals surface area contributed by atoms with Crippen LogP contribution in [0.2, 0.25) is 0 Å². The average molecular weight is 365 g/mol. The number of carbonyl (C=O) groups excluding carboxylic acids is 1. The third-order valence-corrected chi connectivity index (χ3v) is 4.62. The Morgan fingerprint density at radius 2 is 1.77 bits per heavy atom. The second-order valence-electron chi connectivity index (χ2n) is 7.04. The van der Waals surface area contributed by atoms with E-state index in [-0.39, 0.29) is 18.0 Å². The third kappa shape index (κ3) is 9.81. The van der Waals surface area contributed by atoms with Gasteiger partial charge in [-0.25, -0.2) is 0 Å². The highest BCUT2D eigenvalue weighted by Gasteiger charge is 2.11. The third-order valence-electron chi connectivity index (χ3n) is 4.62. The van der Waals surface area contributed by atoms with Crippen LogP contribution in [0, 0.1) is 0 Å². The molecule has 0 aliphatic heterocycles. The van der Waals surface area contributed by atoms with Crippen molar-refractivity contribution in [3.63, 3.8) is 0 Å². The number of phenols is 1. The lowest BCUT2D eigenvalue weighted by molar-refractivity contribution is -0.121. The Hall–Kier alpha value is -1.55. The van der Waals surface area contributed by atoms with Gasteiger partial charge in [0, 0.05) is 12.8 Å². The lowest BCUT2D eigenvalue weighted by atomic mass is 10.0. The molecule has 0 aliphatic rings. The van der Waals surface area contributed by atoms with Crippen molar-refractivity contribution in [1.29, 1.82) is 0 Å². The molecule has 0 amide bonds. The van der Waals surface area contributed by atoms with Crippen molar-refractivity contribution < 1.29 is 19.7 Å². The van der Waals surface area contributed by atoms with Crippen LogP contribution < -0.4 is 4.74 Å². The summed E-state index contributed by atoms with van der Waals surface area (Å²) in [4.78, 5) is 12.0. The van der Waals surface area contributed by atoms with Gasteiger partial charge in [0.15, 0.2) is 11.5 Å². The number of ketones is 1. The number of rotatable bonds is 15. The zero-order valence-corrected chi connectivity index (χ0v) is 16.5. The average Bonchev–Trinajstić information content (AvgIpc) is 2.61. The fourth-order valence-corrected chi connectivity index (χ4v) is 3.08. The first-order valence-corrected chi connectivity index (χ1v) is 10.2. The van der Waals surface area contributed by atoms with E-state index in [1.54, 1.807) is 12.1 Å². The van der Waals surface area contributed by atoms with Gasteiger partial charge in [0.05, 0.1) is 12.7 Å². The quantitative estimate of drug-likeness (QED) is 0.421. The lowest BCUT2D eigenvalue weighted by Gasteiger charge is -2.10. The summed E-state index contributed by atoms with van der Waals surface area (Å²) in [5.74, 6) is 0.650. The van der Waals surface area contributed by atoms with Gasteiger partial charge in [0.25, 0.3) is 0 Å². The monoisotopic (exact) mass is 364 g/mol. The maximum absolute atomic E-state index is 12.0. The Labute approximate surface area is 158 Å². The summed E-state index contributed by atoms with van der Waals surface area (Å²) >= 11 is 0. The molecule has 1 aromatic rings. The van der Waals surface area contributed by atoms with E-state index in [0.29, 0.717) is 31.6 Å². The fraction of sp³-hybridized carbons (Fsp3) is 0.682. The smallest absolute Gasteiger partial charge is 0.160 e. The van der Waals surface area contributed by atoms with Gasteiger partial charge in [0.1, 0.15) is 5.78 Å². The number of hydrogen-bond donors (Lipinski definition) is 2. The highest BCUT2D eigenvalue weighted by Crippen LogP contribution is 2.27. The van der Waals surface area contributed by atoms with Gasteiger partial charge in [-0.2, -0.15) is 0 Å². The van der Waals surface area contributed by atoms with E-state index < -0.39 is 6.10 Å². The number of hydrogen-bond acceptors (Lipinski definition) is 4. The molecule has 0 aliphatic carbocycles. The van der Waals surface area contributed by atoms with Gasteiger partial charge in [-0.1, -0.05) is 57.9 Å². The summed E-state index contributed by atoms with van der Waals surface area (Å²) in [6.07, 6.45) is 9.89. The lowest BCUT2D eigenvalue weighted by Crippen LogP contribution is -2.14. The van der Waals surface area contributed by atoms with Gasteiger partial charge in [-0.3, -0.25) is 4.79 Å². The minimum absolute atomic E-state index is 0.0776. The summed E-state index contributed by atoms with van der Waals surface area (Å²) < 4.78 is 5.29. The molecule has 0 bridgehead atoms. The van der Waals surface area contributed by atoms with Gasteiger partial charge in [-0.05, 0) is 37.5 Å². The Balaban J connectivity index is 2.18. The highest BCUT2D eigenvalue weighted by molar-refractivity contribution is 5.79. The van der Waals surface area contributed by atoms with Crippen molar-refractivity contribution in [3.8, 4) is 11.5 Å². The molecule has 0 heterocycles. The van der Waals surface area contributed by atoms with Crippen molar-refractivity contribution in [2.24, 2.45) is 0 Å². The first-order chi connectivity index (χ1) is 12.6. The van der Waals surface area contributed by atoms with Crippen LogP contribution in [-0.2, 0) is 11.2 Å². The zero-order valence-electron chi connectivity index (χ0n) is 16.5. The van der Waals surface area contributed by atoms with Crippen LogP contribution >= 0.6 is 0 Å². The van der Waals surface area contributed by atoms with Gasteiger partial charge in [0.2, 0.25) is 0 Å². The molecule has 0 saturated heterocycles. The van der Waals surface area contributed by atoms with E-state index in [1.165, 1.54) is 32.1 Å². The van der Waals surface area contributed by atoms with Crippen molar-refractivity contribution in [2.45, 2.75) is 90.6 Å². The second kappa shape index (κ2) is 13.6. The summed E-state index contributed by atoms with van der Waals surface area (Å²) in [7, 11) is 0. The first-order valence-electron chi connectivity index (χ1n) is 10.2. The molecule has 0 radical (unpaired) electrons. The van der Waals surface area contributed by atoms with Crippen molar-refractivity contribution in [3.05, 3.63) is 23.8 Å². The largest absolute Gasteiger partial charge is 0.504 e. The van der Waals surface area contributed by atoms with Crippen molar-refractivity contribution in [1.82, 2.24) is 0 Å². The Kier molecular flexibility index (Phi) is 11.8. The highest BCUT2D eigenvalue weighted by atomic mass is 16.5. The van der Waals surface area contributed by atoms with Crippen LogP contribution in [0.15, 0.2) is 18.2 Å². The van der Waals surface area contributed by atoms with E-state index in [4.69, 9.17) is 4.74 Å². The van der Waals surface area contributed by atoms with Crippen LogP contribution in [0.5, 0.6) is 11.5 Å². The molecule has 4 heteroatoms. The number of aryl methyl sites for hydroxylation is 1. The number of aliphatic hydroxyl groups excluding tert-OH is 1. The van der Waals surface area contributed by atoms with E-state index in [9.17, 15) is 15.0 Å². The van der Waals surface area contributed by atoms with E-state index >= 15 is 0 Å². The Morgan fingerprint density at radius 3 is 2.42 bits per heavy atom. The van der Waals surface area contributed by atoms with Crippen LogP contribution in [0.1, 0.15) is 83.6 Å². The molecule has 1 aromatic carbocycles. The minimum Gasteiger partial charge on any atom is -0.504 e. The second-order valence-corrected chi connectivity index (χ2v) is 7.04. The predicted octanol–water partition coefficient (Wildman–Crippen LogP) is 5.18. The number of benzene rings is 1. The molecular formula is C22H36O4. The normalized spacial score (nSPS) is 12.1. The molecule has 4 nitrogen and oxygen atoms in total. The standard InChI is InChI=1S/C22H36O4/c1-3-5-6-7-8-9-10-11-19(23)17-20(24)14-12-18-13-15-22(26-4-2)21(25)16-18/h13,15-16,19,23,25H,3-12,14,17H2,1-2H3. The molecule has 1 rings (SSSR count). The molecule has 148 valence electrons. The molecule has 2 N–H and O–H groups in total. The van der Waals surface area contributed by atoms with Gasteiger partial charge < -0.3 is 14.9 Å². The predicted molar refractivity (Wildman–Crippen MR) is 106 cm³/mol. The fourth-order valence-electron chi connectivity index (χ4n) is 3.08. The zero-order chi connectivity index (χ0) is 19.2. The van der Waals surface area contributed by atoms with Gasteiger partial charge in [-0.15, -0.1) is 0 Å². The van der Waals surface area contributed by atoms with E-state index in [0.717, 1.165) is 18.4 Å². The number of unbranched alkanes of at least 4 members (excludes halogenated alkanes) is 6. The summed E-state index contributed by atoms with van der Waals surface area (Å²) in [6, 6.07) is 5.24. The molecule has 0 aromatic heterocycles. The van der Waals surface area contributed by atoms with Gasteiger partial charge >= 0.3 is 0 Å². The maximum Gasteiger partial charge on any atom is 0.160 e. The van der Waals surface area contributed by atoms with E-state index in [2.05, 4.69) is 6.92 Å². The topological polar surface area (TPSA) is 66.8 Å². The Morgan fingerprint density at radius 1 is 1.08 bits per heavy atom. The Bertz CT molecular complexity index is 513. The number of carbonyl (C=O) groups is 1. The number of Topliss-reactive ketones (excluding diaryl/α,β-unsaturated/α-hetero) is 1. The van der Waals surface area contributed by atoms with E-state index in [1.807, 2.05) is 13.0 Å². The molecule has 1 atom stereocenters.